The molecule has 0 unspecified atom stereocenters. The van der Waals surface area contributed by atoms with Crippen molar-refractivity contribution in [1.29, 1.82) is 0 Å². The van der Waals surface area contributed by atoms with Gasteiger partial charge in [0.05, 0.1) is 4.88 Å². The van der Waals surface area contributed by atoms with Crippen LogP contribution in [-0.4, -0.2) is 5.78 Å². The average molecular weight is 200 g/mol. The summed E-state index contributed by atoms with van der Waals surface area (Å²) in [6.45, 7) is 2.05. The molecule has 1 heterocycles. The lowest BCUT2D eigenvalue weighted by molar-refractivity contribution is 0.104. The number of thiophene rings is 1. The molecule has 0 atom stereocenters. The summed E-state index contributed by atoms with van der Waals surface area (Å²) in [5.41, 5.74) is 4.28. The van der Waals surface area contributed by atoms with Crippen LogP contribution < -0.4 is 0 Å². The molecule has 14 heavy (non-hydrogen) atoms. The van der Waals surface area contributed by atoms with Gasteiger partial charge in [-0.3, -0.25) is 4.79 Å². The number of rotatable bonds is 0. The number of hydrogen-bond donors (Lipinski definition) is 0. The Morgan fingerprint density at radius 3 is 2.79 bits per heavy atom. The highest BCUT2D eigenvalue weighted by atomic mass is 32.1. The average Bonchev–Trinajstić information content (AvgIpc) is 2.71. The second kappa shape index (κ2) is 2.55. The predicted molar refractivity (Wildman–Crippen MR) is 57.9 cm³/mol. The van der Waals surface area contributed by atoms with Crippen LogP contribution in [-0.2, 0) is 0 Å². The van der Waals surface area contributed by atoms with Crippen LogP contribution in [0.4, 0.5) is 0 Å². The van der Waals surface area contributed by atoms with Crippen LogP contribution in [0.2, 0.25) is 0 Å². The van der Waals surface area contributed by atoms with E-state index in [9.17, 15) is 4.79 Å². The van der Waals surface area contributed by atoms with Gasteiger partial charge in [-0.05, 0) is 23.9 Å². The zero-order valence-electron chi connectivity index (χ0n) is 7.70. The van der Waals surface area contributed by atoms with Gasteiger partial charge in [-0.15, -0.1) is 11.3 Å². The van der Waals surface area contributed by atoms with E-state index in [1.165, 1.54) is 16.9 Å². The summed E-state index contributed by atoms with van der Waals surface area (Å²) in [4.78, 5) is 12.8. The number of carbonyl (C=O) groups excluding carboxylic acids is 1. The Morgan fingerprint density at radius 1 is 1.07 bits per heavy atom. The number of hydrogen-bond acceptors (Lipinski definition) is 2. The van der Waals surface area contributed by atoms with Crippen LogP contribution in [0.1, 0.15) is 20.8 Å². The van der Waals surface area contributed by atoms with Crippen molar-refractivity contribution in [3.63, 3.8) is 0 Å². The first-order valence-electron chi connectivity index (χ1n) is 4.50. The van der Waals surface area contributed by atoms with E-state index in [0.717, 1.165) is 21.6 Å². The molecule has 0 radical (unpaired) electrons. The van der Waals surface area contributed by atoms with E-state index in [1.807, 2.05) is 23.6 Å². The highest BCUT2D eigenvalue weighted by molar-refractivity contribution is 7.13. The number of carbonyl (C=O) groups is 1. The number of benzene rings is 1. The molecule has 2 aromatic rings. The molecule has 1 aliphatic carbocycles. The normalized spacial score (nSPS) is 12.8. The summed E-state index contributed by atoms with van der Waals surface area (Å²) in [6.07, 6.45) is 0. The SMILES string of the molecule is Cc1ccc2c(c1)-c1ccsc1C2=O. The maximum atomic E-state index is 11.9. The van der Waals surface area contributed by atoms with Crippen LogP contribution >= 0.6 is 11.3 Å². The van der Waals surface area contributed by atoms with Gasteiger partial charge in [0.15, 0.2) is 0 Å². The Bertz CT molecular complexity index is 537. The molecule has 3 rings (SSSR count). The molecule has 1 aromatic heterocycles. The van der Waals surface area contributed by atoms with Crippen LogP contribution in [0, 0.1) is 6.92 Å². The highest BCUT2D eigenvalue weighted by Crippen LogP contribution is 2.39. The summed E-state index contributed by atoms with van der Waals surface area (Å²) in [6, 6.07) is 8.04. The van der Waals surface area contributed by atoms with Crippen LogP contribution in [0.3, 0.4) is 0 Å². The molecule has 1 aromatic carbocycles. The molecule has 0 N–H and O–H groups in total. The van der Waals surface area contributed by atoms with E-state index < -0.39 is 0 Å². The third-order valence-corrected chi connectivity index (χ3v) is 3.49. The first kappa shape index (κ1) is 7.94. The van der Waals surface area contributed by atoms with E-state index >= 15 is 0 Å². The summed E-state index contributed by atoms with van der Waals surface area (Å²) in [7, 11) is 0. The Kier molecular flexibility index (Phi) is 1.45. The maximum Gasteiger partial charge on any atom is 0.204 e. The molecule has 0 bridgehead atoms. The molecule has 1 nitrogen and oxygen atoms in total. The lowest BCUT2D eigenvalue weighted by Crippen LogP contribution is -1.92. The summed E-state index contributed by atoms with van der Waals surface area (Å²) in [5, 5.41) is 1.98. The van der Waals surface area contributed by atoms with E-state index in [4.69, 9.17) is 0 Å². The monoisotopic (exact) mass is 200 g/mol. The van der Waals surface area contributed by atoms with Crippen LogP contribution in [0.5, 0.6) is 0 Å². The topological polar surface area (TPSA) is 17.1 Å². The number of fused-ring (bicyclic) bond motifs is 3. The van der Waals surface area contributed by atoms with Gasteiger partial charge in [-0.1, -0.05) is 23.8 Å². The van der Waals surface area contributed by atoms with Gasteiger partial charge >= 0.3 is 0 Å². The first-order chi connectivity index (χ1) is 6.77. The molecule has 68 valence electrons. The van der Waals surface area contributed by atoms with Gasteiger partial charge in [0.1, 0.15) is 0 Å². The second-order valence-electron chi connectivity index (χ2n) is 3.54. The lowest BCUT2D eigenvalue weighted by atomic mass is 10.0. The molecule has 0 aliphatic heterocycles. The van der Waals surface area contributed by atoms with Crippen molar-refractivity contribution in [2.24, 2.45) is 0 Å². The van der Waals surface area contributed by atoms with Crippen molar-refractivity contribution < 1.29 is 4.79 Å². The van der Waals surface area contributed by atoms with Gasteiger partial charge in [0, 0.05) is 11.1 Å². The van der Waals surface area contributed by atoms with Gasteiger partial charge < -0.3 is 0 Å². The molecule has 0 amide bonds. The van der Waals surface area contributed by atoms with Crippen molar-refractivity contribution >= 4 is 17.1 Å². The molecular weight excluding hydrogens is 192 g/mol. The van der Waals surface area contributed by atoms with Gasteiger partial charge in [0.2, 0.25) is 5.78 Å². The van der Waals surface area contributed by atoms with E-state index in [-0.39, 0.29) is 5.78 Å². The minimum Gasteiger partial charge on any atom is -0.288 e. The largest absolute Gasteiger partial charge is 0.288 e. The third kappa shape index (κ3) is 0.863. The van der Waals surface area contributed by atoms with Gasteiger partial charge in [-0.25, -0.2) is 0 Å². The standard InChI is InChI=1S/C12H8OS/c1-7-2-3-8-10(6-7)9-4-5-14-12(9)11(8)13/h2-6H,1H3. The Hall–Kier alpha value is -1.41. The predicted octanol–water partition coefficient (Wildman–Crippen LogP) is 3.27. The molecule has 1 aliphatic rings. The van der Waals surface area contributed by atoms with Crippen molar-refractivity contribution in [1.82, 2.24) is 0 Å². The fourth-order valence-electron chi connectivity index (χ4n) is 1.90. The second-order valence-corrected chi connectivity index (χ2v) is 4.46. The minimum absolute atomic E-state index is 0.185. The molecule has 0 fully saturated rings. The smallest absolute Gasteiger partial charge is 0.204 e. The fraction of sp³-hybridized carbons (Fsp3) is 0.0833. The van der Waals surface area contributed by atoms with Gasteiger partial charge in [0.25, 0.3) is 0 Å². The quantitative estimate of drug-likeness (QED) is 0.544. The summed E-state index contributed by atoms with van der Waals surface area (Å²) >= 11 is 1.53. The van der Waals surface area contributed by atoms with Crippen molar-refractivity contribution in [2.75, 3.05) is 0 Å². The highest BCUT2D eigenvalue weighted by Gasteiger charge is 2.27. The molecule has 0 saturated heterocycles. The molecule has 2 heteroatoms. The van der Waals surface area contributed by atoms with Crippen LogP contribution in [0.15, 0.2) is 29.6 Å². The fourth-order valence-corrected chi connectivity index (χ4v) is 2.76. The van der Waals surface area contributed by atoms with Crippen molar-refractivity contribution in [2.45, 2.75) is 6.92 Å². The lowest BCUT2D eigenvalue weighted by Gasteiger charge is -1.98. The third-order valence-electron chi connectivity index (χ3n) is 2.58. The molecule has 0 saturated carbocycles. The van der Waals surface area contributed by atoms with Crippen LogP contribution in [0.25, 0.3) is 11.1 Å². The molecule has 0 spiro atoms. The van der Waals surface area contributed by atoms with E-state index in [2.05, 4.69) is 13.0 Å². The zero-order valence-corrected chi connectivity index (χ0v) is 8.52. The number of ketones is 1. The zero-order chi connectivity index (χ0) is 9.71. The Morgan fingerprint density at radius 2 is 1.93 bits per heavy atom. The first-order valence-corrected chi connectivity index (χ1v) is 5.38. The number of aryl methyl sites for hydroxylation is 1. The summed E-state index contributed by atoms with van der Waals surface area (Å²) < 4.78 is 0. The van der Waals surface area contributed by atoms with E-state index in [0.29, 0.717) is 0 Å². The van der Waals surface area contributed by atoms with Crippen molar-refractivity contribution in [3.8, 4) is 11.1 Å². The van der Waals surface area contributed by atoms with E-state index in [1.54, 1.807) is 0 Å². The maximum absolute atomic E-state index is 11.9. The van der Waals surface area contributed by atoms with Crippen molar-refractivity contribution in [3.05, 3.63) is 45.6 Å². The van der Waals surface area contributed by atoms with Gasteiger partial charge in [-0.2, -0.15) is 0 Å². The summed E-state index contributed by atoms with van der Waals surface area (Å²) in [5.74, 6) is 0.185. The Labute approximate surface area is 86.0 Å². The minimum atomic E-state index is 0.185. The molecular formula is C12H8OS. The Balaban J connectivity index is 2.40.